The zero-order valence-corrected chi connectivity index (χ0v) is 68.0. The molecule has 0 heterocycles. The van der Waals surface area contributed by atoms with Crippen molar-refractivity contribution in [1.29, 1.82) is 0 Å². The number of hydrogen-bond donors (Lipinski definition) is 3. The minimum Gasteiger partial charge on any atom is -0.462 e. The fraction of sp³-hybridized carbons (Fsp3) is 0.951. The summed E-state index contributed by atoms with van der Waals surface area (Å²) < 4.78 is 68.7. The molecular formula is C82H160O17P2. The van der Waals surface area contributed by atoms with Gasteiger partial charge >= 0.3 is 39.5 Å². The van der Waals surface area contributed by atoms with Gasteiger partial charge in [0.1, 0.15) is 19.3 Å². The number of aliphatic hydroxyl groups excluding tert-OH is 1. The number of aliphatic hydroxyl groups is 1. The van der Waals surface area contributed by atoms with Crippen molar-refractivity contribution >= 4 is 39.5 Å². The molecule has 0 saturated heterocycles. The Morgan fingerprint density at radius 1 is 0.267 bits per heavy atom. The molecule has 0 aromatic carbocycles. The summed E-state index contributed by atoms with van der Waals surface area (Å²) in [5, 5.41) is 10.6. The van der Waals surface area contributed by atoms with Crippen LogP contribution in [-0.2, 0) is 65.4 Å². The number of ether oxygens (including phenoxy) is 4. The molecule has 0 aliphatic heterocycles. The zero-order chi connectivity index (χ0) is 74.2. The molecule has 0 rings (SSSR count). The molecule has 19 heteroatoms. The average molecular weight is 1480 g/mol. The summed E-state index contributed by atoms with van der Waals surface area (Å²) in [7, 11) is -9.92. The normalized spacial score (nSPS) is 13.9. The van der Waals surface area contributed by atoms with Crippen LogP contribution in [0.25, 0.3) is 0 Å². The van der Waals surface area contributed by atoms with Gasteiger partial charge in [0, 0.05) is 25.7 Å². The molecule has 0 aliphatic carbocycles. The third-order valence-corrected chi connectivity index (χ3v) is 21.1. The lowest BCUT2D eigenvalue weighted by Crippen LogP contribution is -2.30. The van der Waals surface area contributed by atoms with Gasteiger partial charge in [-0.2, -0.15) is 0 Å². The lowest BCUT2D eigenvalue weighted by Gasteiger charge is -2.21. The third kappa shape index (κ3) is 76.1. The molecule has 0 saturated carbocycles. The summed E-state index contributed by atoms with van der Waals surface area (Å²) in [5.74, 6) is -0.566. The number of rotatable bonds is 81. The molecule has 5 atom stereocenters. The summed E-state index contributed by atoms with van der Waals surface area (Å²) >= 11 is 0. The number of phosphoric ester groups is 2. The van der Waals surface area contributed by atoms with E-state index in [1.807, 2.05) is 0 Å². The van der Waals surface area contributed by atoms with Crippen LogP contribution in [0.2, 0.25) is 0 Å². The molecular weight excluding hydrogens is 1320 g/mol. The minimum absolute atomic E-state index is 0.106. The Morgan fingerprint density at radius 3 is 0.673 bits per heavy atom. The maximum atomic E-state index is 13.1. The van der Waals surface area contributed by atoms with E-state index in [2.05, 4.69) is 41.5 Å². The highest BCUT2D eigenvalue weighted by molar-refractivity contribution is 7.47. The van der Waals surface area contributed by atoms with Crippen molar-refractivity contribution < 1.29 is 80.2 Å². The van der Waals surface area contributed by atoms with Crippen molar-refractivity contribution in [3.63, 3.8) is 0 Å². The molecule has 2 unspecified atom stereocenters. The maximum absolute atomic E-state index is 13.1. The van der Waals surface area contributed by atoms with Gasteiger partial charge in [-0.25, -0.2) is 9.13 Å². The second kappa shape index (κ2) is 73.6. The van der Waals surface area contributed by atoms with E-state index < -0.39 is 97.5 Å². The van der Waals surface area contributed by atoms with Crippen LogP contribution in [-0.4, -0.2) is 96.7 Å². The summed E-state index contributed by atoms with van der Waals surface area (Å²) in [4.78, 5) is 73.0. The first-order chi connectivity index (χ1) is 48.9. The Kier molecular flexibility index (Phi) is 72.2. The molecule has 0 amide bonds. The number of unbranched alkanes of at least 4 members (excludes halogenated alkanes) is 51. The fourth-order valence-corrected chi connectivity index (χ4v) is 14.3. The van der Waals surface area contributed by atoms with E-state index in [9.17, 15) is 43.2 Å². The number of carbonyl (C=O) groups is 4. The monoisotopic (exact) mass is 1480 g/mol. The van der Waals surface area contributed by atoms with Crippen LogP contribution in [0.1, 0.15) is 433 Å². The number of esters is 4. The number of hydrogen-bond acceptors (Lipinski definition) is 15. The van der Waals surface area contributed by atoms with Crippen LogP contribution in [0, 0.1) is 11.8 Å². The van der Waals surface area contributed by atoms with Crippen LogP contribution in [0.3, 0.4) is 0 Å². The highest BCUT2D eigenvalue weighted by atomic mass is 31.2. The van der Waals surface area contributed by atoms with Gasteiger partial charge in [-0.1, -0.05) is 382 Å². The highest BCUT2D eigenvalue weighted by Gasteiger charge is 2.30. The summed E-state index contributed by atoms with van der Waals surface area (Å²) in [6.07, 6.45) is 63.9. The van der Waals surface area contributed by atoms with Gasteiger partial charge in [-0.3, -0.25) is 37.3 Å². The molecule has 0 spiro atoms. The Balaban J connectivity index is 5.21. The quantitative estimate of drug-likeness (QED) is 0.0222. The van der Waals surface area contributed by atoms with Crippen molar-refractivity contribution in [3.8, 4) is 0 Å². The first kappa shape index (κ1) is 99.1. The van der Waals surface area contributed by atoms with Crippen LogP contribution < -0.4 is 0 Å². The van der Waals surface area contributed by atoms with Crippen molar-refractivity contribution in [2.24, 2.45) is 11.8 Å². The van der Waals surface area contributed by atoms with Gasteiger partial charge in [0.25, 0.3) is 0 Å². The molecule has 0 aromatic heterocycles. The molecule has 3 N–H and O–H groups in total. The predicted octanol–water partition coefficient (Wildman–Crippen LogP) is 24.7. The Morgan fingerprint density at radius 2 is 0.455 bits per heavy atom. The van der Waals surface area contributed by atoms with Crippen LogP contribution >= 0.6 is 15.6 Å². The second-order valence-electron chi connectivity index (χ2n) is 30.5. The van der Waals surface area contributed by atoms with Crippen LogP contribution in [0.5, 0.6) is 0 Å². The molecule has 101 heavy (non-hydrogen) atoms. The third-order valence-electron chi connectivity index (χ3n) is 19.2. The summed E-state index contributed by atoms with van der Waals surface area (Å²) in [6, 6.07) is 0. The molecule has 0 fully saturated rings. The molecule has 17 nitrogen and oxygen atoms in total. The SMILES string of the molecule is CCCCCCCCCCCCCCCCCCCCCCCC(=O)O[C@H](COC(=O)CCCCCCCCCCCCCCCCCC(C)C)COP(=O)(O)OC[C@@H](O)COP(=O)(O)OC[C@@H](COC(=O)CCCCCCCCCCCC)OC(=O)CCCCCCCCCCCC(C)C. The minimum atomic E-state index is -4.96. The van der Waals surface area contributed by atoms with E-state index >= 15 is 0 Å². The maximum Gasteiger partial charge on any atom is 0.472 e. The van der Waals surface area contributed by atoms with E-state index in [-0.39, 0.29) is 25.7 Å². The fourth-order valence-electron chi connectivity index (χ4n) is 12.7. The van der Waals surface area contributed by atoms with Gasteiger partial charge in [0.05, 0.1) is 26.4 Å². The van der Waals surface area contributed by atoms with Crippen molar-refractivity contribution in [1.82, 2.24) is 0 Å². The van der Waals surface area contributed by atoms with Crippen LogP contribution in [0.15, 0.2) is 0 Å². The van der Waals surface area contributed by atoms with E-state index in [4.69, 9.17) is 37.0 Å². The predicted molar refractivity (Wildman–Crippen MR) is 414 cm³/mol. The average Bonchev–Trinajstić information content (AvgIpc) is 1.12. The Bertz CT molecular complexity index is 1940. The molecule has 0 aromatic rings. The van der Waals surface area contributed by atoms with Crippen molar-refractivity contribution in [2.45, 2.75) is 452 Å². The lowest BCUT2D eigenvalue weighted by atomic mass is 10.0. The van der Waals surface area contributed by atoms with E-state index in [0.29, 0.717) is 25.7 Å². The van der Waals surface area contributed by atoms with Crippen LogP contribution in [0.4, 0.5) is 0 Å². The Hall–Kier alpha value is -1.94. The Labute approximate surface area is 619 Å². The van der Waals surface area contributed by atoms with Gasteiger partial charge in [-0.05, 0) is 37.5 Å². The smallest absolute Gasteiger partial charge is 0.462 e. The molecule has 0 aliphatic rings. The number of phosphoric acid groups is 2. The standard InChI is InChI=1S/C82H160O17P2/c1-7-9-11-13-15-17-19-20-21-22-23-24-25-26-29-33-36-42-48-54-60-66-81(86)98-77(71-93-80(85)65-59-53-47-41-35-32-30-27-28-31-34-38-44-50-56-62-74(3)4)72-96-100(88,89)94-68-76(83)69-95-101(90,91)97-73-78(70-92-79(84)64-58-52-46-40-18-16-14-12-10-8-2)99-82(87)67-61-55-49-43-37-39-45-51-57-63-75(5)6/h74-78,83H,7-73H2,1-6H3,(H,88,89)(H,90,91)/t76-,77-,78-/m1/s1. The van der Waals surface area contributed by atoms with E-state index in [1.165, 1.54) is 250 Å². The first-order valence-corrected chi connectivity index (χ1v) is 45.5. The lowest BCUT2D eigenvalue weighted by molar-refractivity contribution is -0.161. The number of carbonyl (C=O) groups excluding carboxylic acids is 4. The van der Waals surface area contributed by atoms with Gasteiger partial charge in [0.2, 0.25) is 0 Å². The van der Waals surface area contributed by atoms with Gasteiger partial charge in [-0.15, -0.1) is 0 Å². The molecule has 0 bridgehead atoms. The zero-order valence-electron chi connectivity index (χ0n) is 66.2. The summed E-state index contributed by atoms with van der Waals surface area (Å²) in [5.41, 5.74) is 0. The molecule has 600 valence electrons. The summed E-state index contributed by atoms with van der Waals surface area (Å²) in [6.45, 7) is 9.63. The topological polar surface area (TPSA) is 237 Å². The second-order valence-corrected chi connectivity index (χ2v) is 33.4. The largest absolute Gasteiger partial charge is 0.472 e. The molecule has 0 radical (unpaired) electrons. The van der Waals surface area contributed by atoms with Gasteiger partial charge in [0.15, 0.2) is 12.2 Å². The highest BCUT2D eigenvalue weighted by Crippen LogP contribution is 2.45. The van der Waals surface area contributed by atoms with E-state index in [0.717, 1.165) is 102 Å². The van der Waals surface area contributed by atoms with Crippen molar-refractivity contribution in [2.75, 3.05) is 39.6 Å². The van der Waals surface area contributed by atoms with Gasteiger partial charge < -0.3 is 33.8 Å². The van der Waals surface area contributed by atoms with Crippen molar-refractivity contribution in [3.05, 3.63) is 0 Å². The first-order valence-electron chi connectivity index (χ1n) is 42.5. The van der Waals surface area contributed by atoms with E-state index in [1.54, 1.807) is 0 Å².